The number of alkyl halides is 3. The predicted molar refractivity (Wildman–Crippen MR) is 86.2 cm³/mol. The average Bonchev–Trinajstić information content (AvgIpc) is 2.57. The van der Waals surface area contributed by atoms with Gasteiger partial charge >= 0.3 is 6.18 Å². The topological polar surface area (TPSA) is 33.7 Å². The van der Waals surface area contributed by atoms with Crippen LogP contribution in [0.25, 0.3) is 0 Å². The smallest absolute Gasteiger partial charge is 0.422 e. The molecule has 0 unspecified atom stereocenters. The van der Waals surface area contributed by atoms with Gasteiger partial charge in [0.25, 0.3) is 0 Å². The van der Waals surface area contributed by atoms with E-state index in [0.717, 1.165) is 57.8 Å². The monoisotopic (exact) mass is 346 g/mol. The molecule has 1 aliphatic rings. The maximum Gasteiger partial charge on any atom is 0.422 e. The van der Waals surface area contributed by atoms with Gasteiger partial charge in [-0.15, -0.1) is 0 Å². The fraction of sp³-hybridized carbons (Fsp3) is 0.647. The van der Waals surface area contributed by atoms with Crippen LogP contribution in [-0.4, -0.2) is 57.1 Å². The van der Waals surface area contributed by atoms with Gasteiger partial charge in [0.2, 0.25) is 0 Å². The van der Waals surface area contributed by atoms with Crippen LogP contribution in [0.15, 0.2) is 24.3 Å². The van der Waals surface area contributed by atoms with Crippen LogP contribution >= 0.6 is 0 Å². The molecule has 0 aliphatic carbocycles. The van der Waals surface area contributed by atoms with Gasteiger partial charge in [0.15, 0.2) is 6.61 Å². The highest BCUT2D eigenvalue weighted by molar-refractivity contribution is 5.28. The van der Waals surface area contributed by atoms with Crippen molar-refractivity contribution in [3.05, 3.63) is 29.8 Å². The Bertz CT molecular complexity index is 477. The van der Waals surface area contributed by atoms with Gasteiger partial charge in [0.05, 0.1) is 13.2 Å². The minimum absolute atomic E-state index is 0.249. The SMILES string of the molecule is FC(F)(F)COc1cccc(CNCCCCN2CCOCC2)c1. The lowest BCUT2D eigenvalue weighted by Gasteiger charge is -2.26. The normalized spacial score (nSPS) is 16.3. The summed E-state index contributed by atoms with van der Waals surface area (Å²) in [6.45, 7) is 5.02. The number of ether oxygens (including phenoxy) is 2. The Morgan fingerprint density at radius 1 is 1.17 bits per heavy atom. The number of hydrogen-bond donors (Lipinski definition) is 1. The third-order valence-corrected chi connectivity index (χ3v) is 3.81. The van der Waals surface area contributed by atoms with Crippen LogP contribution in [0.4, 0.5) is 13.2 Å². The molecule has 1 aromatic rings. The molecule has 2 rings (SSSR count). The molecular weight excluding hydrogens is 321 g/mol. The zero-order chi connectivity index (χ0) is 17.3. The number of halogens is 3. The Labute approximate surface area is 140 Å². The molecule has 1 aliphatic heterocycles. The molecule has 7 heteroatoms. The van der Waals surface area contributed by atoms with Crippen LogP contribution in [0, 0.1) is 0 Å². The van der Waals surface area contributed by atoms with Crippen LogP contribution in [0.1, 0.15) is 18.4 Å². The van der Waals surface area contributed by atoms with Crippen LogP contribution in [-0.2, 0) is 11.3 Å². The van der Waals surface area contributed by atoms with Gasteiger partial charge in [-0.25, -0.2) is 0 Å². The van der Waals surface area contributed by atoms with E-state index in [1.54, 1.807) is 12.1 Å². The standard InChI is InChI=1S/C17H25F3N2O2/c18-17(19,20)14-24-16-5-3-4-15(12-16)13-21-6-1-2-7-22-8-10-23-11-9-22/h3-5,12,21H,1-2,6-11,13-14H2. The maximum absolute atomic E-state index is 12.1. The van der Waals surface area contributed by atoms with Gasteiger partial charge in [-0.1, -0.05) is 12.1 Å². The summed E-state index contributed by atoms with van der Waals surface area (Å²) < 4.78 is 46.5. The summed E-state index contributed by atoms with van der Waals surface area (Å²) in [6, 6.07) is 6.77. The van der Waals surface area contributed by atoms with Crippen LogP contribution < -0.4 is 10.1 Å². The highest BCUT2D eigenvalue weighted by Crippen LogP contribution is 2.19. The second-order valence-electron chi connectivity index (χ2n) is 5.89. The molecule has 136 valence electrons. The van der Waals surface area contributed by atoms with Crippen molar-refractivity contribution in [1.82, 2.24) is 10.2 Å². The van der Waals surface area contributed by atoms with E-state index in [4.69, 9.17) is 9.47 Å². The van der Waals surface area contributed by atoms with E-state index in [1.807, 2.05) is 6.07 Å². The molecule has 1 N–H and O–H groups in total. The van der Waals surface area contributed by atoms with E-state index in [2.05, 4.69) is 10.2 Å². The van der Waals surface area contributed by atoms with E-state index >= 15 is 0 Å². The molecule has 0 bridgehead atoms. The zero-order valence-corrected chi connectivity index (χ0v) is 13.8. The molecule has 1 heterocycles. The van der Waals surface area contributed by atoms with Crippen LogP contribution in [0.2, 0.25) is 0 Å². The number of morpholine rings is 1. The van der Waals surface area contributed by atoms with Gasteiger partial charge in [-0.05, 0) is 43.6 Å². The van der Waals surface area contributed by atoms with Crippen molar-refractivity contribution in [2.75, 3.05) is 46.0 Å². The van der Waals surface area contributed by atoms with E-state index in [9.17, 15) is 13.2 Å². The summed E-state index contributed by atoms with van der Waals surface area (Å²) in [5, 5.41) is 3.32. The molecule has 1 aromatic carbocycles. The van der Waals surface area contributed by atoms with Gasteiger partial charge in [0.1, 0.15) is 5.75 Å². The molecule has 0 radical (unpaired) electrons. The fourth-order valence-corrected chi connectivity index (χ4v) is 2.55. The summed E-state index contributed by atoms with van der Waals surface area (Å²) in [5.41, 5.74) is 0.919. The number of nitrogens with one attached hydrogen (secondary N) is 1. The van der Waals surface area contributed by atoms with E-state index in [-0.39, 0.29) is 5.75 Å². The number of benzene rings is 1. The summed E-state index contributed by atoms with van der Waals surface area (Å²) in [5.74, 6) is 0.249. The Kier molecular flexibility index (Phi) is 7.81. The second-order valence-corrected chi connectivity index (χ2v) is 5.89. The van der Waals surface area contributed by atoms with Crippen molar-refractivity contribution in [1.29, 1.82) is 0 Å². The fourth-order valence-electron chi connectivity index (χ4n) is 2.55. The first-order valence-electron chi connectivity index (χ1n) is 8.32. The largest absolute Gasteiger partial charge is 0.484 e. The summed E-state index contributed by atoms with van der Waals surface area (Å²) in [7, 11) is 0. The van der Waals surface area contributed by atoms with Crippen LogP contribution in [0.3, 0.4) is 0 Å². The summed E-state index contributed by atoms with van der Waals surface area (Å²) in [4.78, 5) is 2.41. The summed E-state index contributed by atoms with van der Waals surface area (Å²) >= 11 is 0. The summed E-state index contributed by atoms with van der Waals surface area (Å²) in [6.07, 6.45) is -2.11. The lowest BCUT2D eigenvalue weighted by atomic mass is 10.2. The molecule has 1 saturated heterocycles. The second kappa shape index (κ2) is 9.86. The number of nitrogens with zero attached hydrogens (tertiary/aromatic N) is 1. The first-order chi connectivity index (χ1) is 11.5. The number of hydrogen-bond acceptors (Lipinski definition) is 4. The Morgan fingerprint density at radius 2 is 1.96 bits per heavy atom. The molecule has 1 fully saturated rings. The molecule has 0 amide bonds. The van der Waals surface area contributed by atoms with Crippen molar-refractivity contribution in [2.45, 2.75) is 25.6 Å². The Balaban J connectivity index is 1.58. The van der Waals surface area contributed by atoms with E-state index in [1.165, 1.54) is 6.07 Å². The van der Waals surface area contributed by atoms with Crippen molar-refractivity contribution in [3.63, 3.8) is 0 Å². The Morgan fingerprint density at radius 3 is 2.71 bits per heavy atom. The zero-order valence-electron chi connectivity index (χ0n) is 13.8. The predicted octanol–water partition coefficient (Wildman–Crippen LogP) is 2.83. The molecular formula is C17H25F3N2O2. The molecule has 0 aromatic heterocycles. The minimum Gasteiger partial charge on any atom is -0.484 e. The first-order valence-corrected chi connectivity index (χ1v) is 8.32. The molecule has 24 heavy (non-hydrogen) atoms. The highest BCUT2D eigenvalue weighted by Gasteiger charge is 2.28. The van der Waals surface area contributed by atoms with Crippen molar-refractivity contribution >= 4 is 0 Å². The molecule has 0 saturated carbocycles. The third kappa shape index (κ3) is 7.99. The quantitative estimate of drug-likeness (QED) is 0.697. The van der Waals surface area contributed by atoms with Gasteiger partial charge in [0, 0.05) is 19.6 Å². The Hall–Kier alpha value is -1.31. The maximum atomic E-state index is 12.1. The van der Waals surface area contributed by atoms with Crippen molar-refractivity contribution in [3.8, 4) is 5.75 Å². The van der Waals surface area contributed by atoms with E-state index in [0.29, 0.717) is 6.54 Å². The van der Waals surface area contributed by atoms with E-state index < -0.39 is 12.8 Å². The molecule has 0 atom stereocenters. The number of rotatable bonds is 9. The minimum atomic E-state index is -4.31. The lowest BCUT2D eigenvalue weighted by molar-refractivity contribution is -0.153. The van der Waals surface area contributed by atoms with Gasteiger partial charge < -0.3 is 14.8 Å². The van der Waals surface area contributed by atoms with Crippen molar-refractivity contribution in [2.24, 2.45) is 0 Å². The van der Waals surface area contributed by atoms with Crippen LogP contribution in [0.5, 0.6) is 5.75 Å². The highest BCUT2D eigenvalue weighted by atomic mass is 19.4. The number of unbranched alkanes of at least 4 members (excludes halogenated alkanes) is 1. The lowest BCUT2D eigenvalue weighted by Crippen LogP contribution is -2.37. The molecule has 4 nitrogen and oxygen atoms in total. The average molecular weight is 346 g/mol. The first kappa shape index (κ1) is 19.0. The van der Waals surface area contributed by atoms with Crippen molar-refractivity contribution < 1.29 is 22.6 Å². The van der Waals surface area contributed by atoms with Gasteiger partial charge in [-0.2, -0.15) is 13.2 Å². The molecule has 0 spiro atoms. The third-order valence-electron chi connectivity index (χ3n) is 3.81. The van der Waals surface area contributed by atoms with Gasteiger partial charge in [-0.3, -0.25) is 4.90 Å².